The Hall–Kier alpha value is -4.27. The number of hydrogen-bond donors (Lipinski definition) is 1. The van der Waals surface area contributed by atoms with Crippen molar-refractivity contribution in [2.24, 2.45) is 5.92 Å². The van der Waals surface area contributed by atoms with E-state index < -0.39 is 11.7 Å². The number of benzene rings is 3. The van der Waals surface area contributed by atoms with Gasteiger partial charge in [0.25, 0.3) is 5.91 Å². The van der Waals surface area contributed by atoms with Crippen molar-refractivity contribution in [3.05, 3.63) is 83.0 Å². The van der Waals surface area contributed by atoms with Crippen molar-refractivity contribution in [1.29, 1.82) is 0 Å². The highest BCUT2D eigenvalue weighted by atomic mass is 19.4. The number of hydrogen-bond acceptors (Lipinski definition) is 5. The highest BCUT2D eigenvalue weighted by Crippen LogP contribution is 2.40. The second-order valence-electron chi connectivity index (χ2n) is 13.2. The largest absolute Gasteiger partial charge is 0.506 e. The number of likely N-dealkylation sites (tertiary alicyclic amines) is 1. The molecule has 0 spiro atoms. The molecule has 6 nitrogen and oxygen atoms in total. The molecule has 1 aromatic heterocycles. The molecule has 7 rings (SSSR count). The van der Waals surface area contributed by atoms with Gasteiger partial charge in [-0.05, 0) is 97.2 Å². The Morgan fingerprint density at radius 3 is 2.38 bits per heavy atom. The number of pyridine rings is 1. The summed E-state index contributed by atoms with van der Waals surface area (Å²) in [5.74, 6) is 1.80. The maximum Gasteiger partial charge on any atom is 0.416 e. The third-order valence-corrected chi connectivity index (χ3v) is 10.1. The van der Waals surface area contributed by atoms with Gasteiger partial charge in [-0.3, -0.25) is 4.79 Å². The molecule has 2 aliphatic heterocycles. The van der Waals surface area contributed by atoms with E-state index in [0.717, 1.165) is 48.1 Å². The molecular weight excluding hydrogens is 605 g/mol. The number of phenolic OH excluding ortho intramolecular Hbond substituents is 1. The van der Waals surface area contributed by atoms with E-state index in [-0.39, 0.29) is 24.5 Å². The fourth-order valence-corrected chi connectivity index (χ4v) is 7.53. The quantitative estimate of drug-likeness (QED) is 0.203. The van der Waals surface area contributed by atoms with Crippen LogP contribution in [-0.4, -0.2) is 40.3 Å². The van der Waals surface area contributed by atoms with Crippen LogP contribution in [-0.2, 0) is 19.0 Å². The third-order valence-electron chi connectivity index (χ3n) is 10.1. The Bertz CT molecular complexity index is 1760. The number of phenols is 1. The number of alkyl halides is 3. The van der Waals surface area contributed by atoms with Crippen molar-refractivity contribution in [2.75, 3.05) is 13.3 Å². The second-order valence-corrected chi connectivity index (χ2v) is 13.2. The fraction of sp³-hybridized carbons (Fsp3) is 0.421. The number of fused-ring (bicyclic) bond motifs is 2. The van der Waals surface area contributed by atoms with Crippen LogP contribution in [0.3, 0.4) is 0 Å². The van der Waals surface area contributed by atoms with Crippen molar-refractivity contribution >= 4 is 16.8 Å². The van der Waals surface area contributed by atoms with Crippen LogP contribution in [0.1, 0.15) is 85.0 Å². The van der Waals surface area contributed by atoms with Crippen LogP contribution in [0.25, 0.3) is 22.0 Å². The molecule has 1 aliphatic carbocycles. The highest BCUT2D eigenvalue weighted by molar-refractivity contribution is 6.08. The summed E-state index contributed by atoms with van der Waals surface area (Å²) in [5, 5.41) is 11.9. The molecule has 1 saturated heterocycles. The summed E-state index contributed by atoms with van der Waals surface area (Å²) in [6.45, 7) is 0.839. The highest BCUT2D eigenvalue weighted by Gasteiger charge is 2.33. The number of aromatic nitrogens is 1. The van der Waals surface area contributed by atoms with Crippen LogP contribution in [0.4, 0.5) is 13.2 Å². The number of carbonyl (C=O) groups excluding carboxylic acids is 1. The first kappa shape index (κ1) is 31.3. The average molecular weight is 645 g/mol. The van der Waals surface area contributed by atoms with E-state index in [4.69, 9.17) is 14.5 Å². The van der Waals surface area contributed by atoms with Gasteiger partial charge in [-0.25, -0.2) is 4.98 Å². The molecule has 2 fully saturated rings. The lowest BCUT2D eigenvalue weighted by atomic mass is 9.91. The zero-order valence-corrected chi connectivity index (χ0v) is 26.3. The lowest BCUT2D eigenvalue weighted by Crippen LogP contribution is -2.37. The van der Waals surface area contributed by atoms with Crippen molar-refractivity contribution in [3.8, 4) is 28.4 Å². The minimum Gasteiger partial charge on any atom is -0.506 e. The normalized spacial score (nSPS) is 18.5. The molecule has 1 atom stereocenters. The van der Waals surface area contributed by atoms with Crippen LogP contribution in [0.5, 0.6) is 17.2 Å². The molecular formula is C38H39F3N2O4. The molecule has 47 heavy (non-hydrogen) atoms. The van der Waals surface area contributed by atoms with E-state index in [1.54, 1.807) is 6.07 Å². The van der Waals surface area contributed by atoms with Gasteiger partial charge in [-0.2, -0.15) is 13.2 Å². The molecule has 1 amide bonds. The van der Waals surface area contributed by atoms with E-state index in [1.165, 1.54) is 50.7 Å². The zero-order chi connectivity index (χ0) is 32.5. The summed E-state index contributed by atoms with van der Waals surface area (Å²) in [6.07, 6.45) is 6.93. The first-order valence-electron chi connectivity index (χ1n) is 16.8. The Balaban J connectivity index is 1.23. The summed E-state index contributed by atoms with van der Waals surface area (Å²) in [5.41, 5.74) is 3.00. The maximum atomic E-state index is 14.5. The predicted octanol–water partition coefficient (Wildman–Crippen LogP) is 9.11. The van der Waals surface area contributed by atoms with E-state index in [1.807, 2.05) is 35.2 Å². The minimum absolute atomic E-state index is 0.0444. The summed E-state index contributed by atoms with van der Waals surface area (Å²) >= 11 is 0. The number of aromatic hydroxyl groups is 1. The second kappa shape index (κ2) is 13.1. The van der Waals surface area contributed by atoms with E-state index in [9.17, 15) is 23.1 Å². The van der Waals surface area contributed by atoms with Gasteiger partial charge in [0.05, 0.1) is 11.1 Å². The predicted molar refractivity (Wildman–Crippen MR) is 174 cm³/mol. The van der Waals surface area contributed by atoms with E-state index >= 15 is 0 Å². The van der Waals surface area contributed by atoms with Crippen molar-refractivity contribution in [1.82, 2.24) is 9.88 Å². The van der Waals surface area contributed by atoms with Gasteiger partial charge in [-0.15, -0.1) is 0 Å². The molecule has 246 valence electrons. The molecule has 9 heteroatoms. The van der Waals surface area contributed by atoms with Crippen molar-refractivity contribution in [2.45, 2.75) is 82.8 Å². The number of amides is 1. The van der Waals surface area contributed by atoms with Gasteiger partial charge >= 0.3 is 6.18 Å². The Kier molecular flexibility index (Phi) is 8.73. The number of halogens is 3. The van der Waals surface area contributed by atoms with Crippen LogP contribution >= 0.6 is 0 Å². The molecule has 3 aromatic carbocycles. The van der Waals surface area contributed by atoms with Gasteiger partial charge in [0.2, 0.25) is 6.79 Å². The van der Waals surface area contributed by atoms with Gasteiger partial charge in [0.15, 0.2) is 11.5 Å². The molecule has 3 heterocycles. The van der Waals surface area contributed by atoms with Gasteiger partial charge in [-0.1, -0.05) is 56.7 Å². The fourth-order valence-electron chi connectivity index (χ4n) is 7.53. The zero-order valence-electron chi connectivity index (χ0n) is 26.3. The van der Waals surface area contributed by atoms with Crippen LogP contribution in [0, 0.1) is 5.92 Å². The Labute approximate surface area is 272 Å². The molecule has 0 bridgehead atoms. The van der Waals surface area contributed by atoms with Crippen LogP contribution < -0.4 is 9.47 Å². The van der Waals surface area contributed by atoms with Crippen LogP contribution in [0.2, 0.25) is 0 Å². The molecule has 0 radical (unpaired) electrons. The molecule has 1 saturated carbocycles. The topological polar surface area (TPSA) is 71.9 Å². The molecule has 1 unspecified atom stereocenters. The maximum absolute atomic E-state index is 14.5. The van der Waals surface area contributed by atoms with Crippen LogP contribution in [0.15, 0.2) is 60.7 Å². The smallest absolute Gasteiger partial charge is 0.416 e. The standard InChI is InChI=1S/C38H39F3N2O4/c39-38(40,41)28-13-9-24(10-14-28)11-15-29-22-32(37(45)43-17-5-8-30(43)18-25-6-3-1-2-4-7-25)31-19-27(20-33(44)36(31)42-29)26-12-16-34-35(21-26)47-23-46-34/h9-10,12-14,16,19-22,25,30,44H,1-8,11,15,17-18,23H2. The summed E-state index contributed by atoms with van der Waals surface area (Å²) in [4.78, 5) is 21.3. The summed E-state index contributed by atoms with van der Waals surface area (Å²) in [6, 6.07) is 16.3. The lowest BCUT2D eigenvalue weighted by Gasteiger charge is -2.29. The number of ether oxygens (including phenoxy) is 2. The average Bonchev–Trinajstić information content (AvgIpc) is 3.66. The minimum atomic E-state index is -4.39. The Morgan fingerprint density at radius 1 is 0.851 bits per heavy atom. The molecule has 1 N–H and O–H groups in total. The Morgan fingerprint density at radius 2 is 1.62 bits per heavy atom. The third kappa shape index (κ3) is 6.76. The monoisotopic (exact) mass is 644 g/mol. The SMILES string of the molecule is O=C(c1cc(CCc2ccc(C(F)(F)F)cc2)nc2c(O)cc(-c3ccc4c(c3)OCO4)cc12)N1CCCC1CC1CCCCCC1. The first-order chi connectivity index (χ1) is 22.7. The first-order valence-corrected chi connectivity index (χ1v) is 16.8. The van der Waals surface area contributed by atoms with E-state index in [2.05, 4.69) is 0 Å². The number of nitrogens with zero attached hydrogens (tertiary/aromatic N) is 2. The molecule has 4 aromatic rings. The number of carbonyl (C=O) groups is 1. The van der Waals surface area contributed by atoms with Crippen molar-refractivity contribution < 1.29 is 32.5 Å². The number of rotatable bonds is 7. The lowest BCUT2D eigenvalue weighted by molar-refractivity contribution is -0.137. The number of aryl methyl sites for hydroxylation is 2. The van der Waals surface area contributed by atoms with Gasteiger partial charge in [0.1, 0.15) is 11.3 Å². The summed E-state index contributed by atoms with van der Waals surface area (Å²) in [7, 11) is 0. The molecule has 3 aliphatic rings. The van der Waals surface area contributed by atoms with Crippen molar-refractivity contribution in [3.63, 3.8) is 0 Å². The van der Waals surface area contributed by atoms with Gasteiger partial charge < -0.3 is 19.5 Å². The van der Waals surface area contributed by atoms with Gasteiger partial charge in [0, 0.05) is 23.7 Å². The summed E-state index contributed by atoms with van der Waals surface area (Å²) < 4.78 is 50.3. The van der Waals surface area contributed by atoms with E-state index in [0.29, 0.717) is 59.0 Å².